The summed E-state index contributed by atoms with van der Waals surface area (Å²) in [4.78, 5) is 13.0. The van der Waals surface area contributed by atoms with E-state index in [1.54, 1.807) is 0 Å². The third-order valence-corrected chi connectivity index (χ3v) is 4.44. The van der Waals surface area contributed by atoms with Gasteiger partial charge < -0.3 is 10.0 Å². The van der Waals surface area contributed by atoms with Crippen LogP contribution in [0.3, 0.4) is 0 Å². The molecule has 1 saturated heterocycles. The van der Waals surface area contributed by atoms with Crippen LogP contribution in [0.2, 0.25) is 0 Å². The van der Waals surface area contributed by atoms with Gasteiger partial charge in [-0.1, -0.05) is 43.7 Å². The van der Waals surface area contributed by atoms with Crippen LogP contribution in [0.5, 0.6) is 0 Å². The predicted molar refractivity (Wildman–Crippen MR) is 80.9 cm³/mol. The van der Waals surface area contributed by atoms with Crippen molar-refractivity contribution in [1.29, 1.82) is 0 Å². The monoisotopic (exact) mass is 275 g/mol. The number of benzene rings is 1. The average Bonchev–Trinajstić information content (AvgIpc) is 2.47. The molecule has 1 aromatic carbocycles. The molecule has 1 aliphatic rings. The first-order valence-electron chi connectivity index (χ1n) is 7.69. The molecule has 3 nitrogen and oxygen atoms in total. The van der Waals surface area contributed by atoms with Gasteiger partial charge in [-0.15, -0.1) is 0 Å². The van der Waals surface area contributed by atoms with Crippen LogP contribution < -0.4 is 0 Å². The second-order valence-electron chi connectivity index (χ2n) is 5.77. The van der Waals surface area contributed by atoms with Crippen molar-refractivity contribution in [3.8, 4) is 0 Å². The minimum atomic E-state index is -0.684. The zero-order valence-corrected chi connectivity index (χ0v) is 12.3. The van der Waals surface area contributed by atoms with Crippen molar-refractivity contribution < 1.29 is 9.90 Å². The van der Waals surface area contributed by atoms with Crippen LogP contribution in [0.1, 0.15) is 44.1 Å². The van der Waals surface area contributed by atoms with Crippen LogP contribution in [0, 0.1) is 5.92 Å². The summed E-state index contributed by atoms with van der Waals surface area (Å²) < 4.78 is 0. The maximum atomic E-state index is 10.6. The average molecular weight is 275 g/mol. The van der Waals surface area contributed by atoms with Crippen LogP contribution in [-0.2, 0) is 4.79 Å². The topological polar surface area (TPSA) is 40.5 Å². The van der Waals surface area contributed by atoms with Crippen molar-refractivity contribution >= 4 is 5.97 Å². The Morgan fingerprint density at radius 1 is 1.35 bits per heavy atom. The Labute approximate surface area is 121 Å². The van der Waals surface area contributed by atoms with Gasteiger partial charge in [0.2, 0.25) is 0 Å². The maximum absolute atomic E-state index is 10.6. The standard InChI is InChI=1S/C17H25NO2/c1-2-14-13-18(11-6-9-17(19)20)12-10-16(14)15-7-4-3-5-8-15/h3-5,7-8,14,16H,2,6,9-13H2,1H3,(H,19,20)/t14-,16-/m1/s1. The van der Waals surface area contributed by atoms with Gasteiger partial charge in [0, 0.05) is 13.0 Å². The molecule has 0 saturated carbocycles. The normalized spacial score (nSPS) is 23.6. The molecular weight excluding hydrogens is 250 g/mol. The van der Waals surface area contributed by atoms with Crippen LogP contribution in [0.25, 0.3) is 0 Å². The highest BCUT2D eigenvalue weighted by Gasteiger charge is 2.28. The Morgan fingerprint density at radius 2 is 2.10 bits per heavy atom. The summed E-state index contributed by atoms with van der Waals surface area (Å²) in [7, 11) is 0. The van der Waals surface area contributed by atoms with E-state index in [-0.39, 0.29) is 6.42 Å². The van der Waals surface area contributed by atoms with Gasteiger partial charge in [0.05, 0.1) is 0 Å². The van der Waals surface area contributed by atoms with Crippen molar-refractivity contribution in [1.82, 2.24) is 4.90 Å². The van der Waals surface area contributed by atoms with Crippen LogP contribution in [-0.4, -0.2) is 35.6 Å². The van der Waals surface area contributed by atoms with Crippen molar-refractivity contribution in [2.24, 2.45) is 5.92 Å². The van der Waals surface area contributed by atoms with Gasteiger partial charge >= 0.3 is 5.97 Å². The first kappa shape index (κ1) is 15.0. The van der Waals surface area contributed by atoms with Gasteiger partial charge in [-0.2, -0.15) is 0 Å². The van der Waals surface area contributed by atoms with E-state index in [0.29, 0.717) is 11.8 Å². The lowest BCUT2D eigenvalue weighted by Crippen LogP contribution is -2.39. The zero-order chi connectivity index (χ0) is 14.4. The Balaban J connectivity index is 1.89. The molecule has 2 atom stereocenters. The number of aliphatic carboxylic acids is 1. The summed E-state index contributed by atoms with van der Waals surface area (Å²) in [6, 6.07) is 10.8. The number of carboxylic acids is 1. The van der Waals surface area contributed by atoms with Crippen molar-refractivity contribution in [2.75, 3.05) is 19.6 Å². The second-order valence-corrected chi connectivity index (χ2v) is 5.77. The van der Waals surface area contributed by atoms with E-state index in [1.165, 1.54) is 18.4 Å². The van der Waals surface area contributed by atoms with Crippen molar-refractivity contribution in [3.05, 3.63) is 35.9 Å². The Morgan fingerprint density at radius 3 is 2.75 bits per heavy atom. The molecule has 1 aliphatic heterocycles. The molecule has 0 unspecified atom stereocenters. The molecule has 20 heavy (non-hydrogen) atoms. The molecule has 0 radical (unpaired) electrons. The number of likely N-dealkylation sites (tertiary alicyclic amines) is 1. The molecule has 0 aromatic heterocycles. The SMILES string of the molecule is CC[C@@H]1CN(CCCC(=O)O)CC[C@H]1c1ccccc1. The van der Waals surface area contributed by atoms with E-state index in [0.717, 1.165) is 26.1 Å². The lowest BCUT2D eigenvalue weighted by atomic mass is 9.79. The van der Waals surface area contributed by atoms with Crippen molar-refractivity contribution in [2.45, 2.75) is 38.5 Å². The quantitative estimate of drug-likeness (QED) is 0.865. The molecule has 1 heterocycles. The van der Waals surface area contributed by atoms with E-state index < -0.39 is 5.97 Å². The number of hydrogen-bond donors (Lipinski definition) is 1. The Hall–Kier alpha value is -1.35. The fraction of sp³-hybridized carbons (Fsp3) is 0.588. The fourth-order valence-corrected chi connectivity index (χ4v) is 3.32. The largest absolute Gasteiger partial charge is 0.481 e. The molecule has 0 bridgehead atoms. The highest BCUT2D eigenvalue weighted by atomic mass is 16.4. The highest BCUT2D eigenvalue weighted by molar-refractivity contribution is 5.66. The third kappa shape index (κ3) is 4.07. The molecule has 0 spiro atoms. The van der Waals surface area contributed by atoms with Crippen molar-refractivity contribution in [3.63, 3.8) is 0 Å². The van der Waals surface area contributed by atoms with Crippen LogP contribution in [0.4, 0.5) is 0 Å². The number of rotatable bonds is 6. The van der Waals surface area contributed by atoms with Crippen LogP contribution >= 0.6 is 0 Å². The number of piperidine rings is 1. The van der Waals surface area contributed by atoms with E-state index in [2.05, 4.69) is 42.2 Å². The Kier molecular flexibility index (Phi) is 5.60. The highest BCUT2D eigenvalue weighted by Crippen LogP contribution is 2.34. The van der Waals surface area contributed by atoms with E-state index in [9.17, 15) is 4.79 Å². The lowest BCUT2D eigenvalue weighted by molar-refractivity contribution is -0.137. The zero-order valence-electron chi connectivity index (χ0n) is 12.3. The minimum absolute atomic E-state index is 0.287. The number of nitrogens with zero attached hydrogens (tertiary/aromatic N) is 1. The molecular formula is C17H25NO2. The number of carboxylic acid groups (broad SMARTS) is 1. The van der Waals surface area contributed by atoms with Gasteiger partial charge in [0.1, 0.15) is 0 Å². The molecule has 1 N–H and O–H groups in total. The molecule has 0 amide bonds. The van der Waals surface area contributed by atoms with Gasteiger partial charge in [-0.25, -0.2) is 0 Å². The molecule has 1 fully saturated rings. The van der Waals surface area contributed by atoms with Gasteiger partial charge in [-0.05, 0) is 43.3 Å². The van der Waals surface area contributed by atoms with E-state index in [4.69, 9.17) is 5.11 Å². The maximum Gasteiger partial charge on any atom is 0.303 e. The summed E-state index contributed by atoms with van der Waals surface area (Å²) in [5, 5.41) is 8.71. The van der Waals surface area contributed by atoms with Gasteiger partial charge in [-0.3, -0.25) is 4.79 Å². The smallest absolute Gasteiger partial charge is 0.303 e. The Bertz CT molecular complexity index is 418. The lowest BCUT2D eigenvalue weighted by Gasteiger charge is -2.38. The minimum Gasteiger partial charge on any atom is -0.481 e. The van der Waals surface area contributed by atoms with Crippen LogP contribution in [0.15, 0.2) is 30.3 Å². The van der Waals surface area contributed by atoms with E-state index in [1.807, 2.05) is 0 Å². The summed E-state index contributed by atoms with van der Waals surface area (Å²) in [6.07, 6.45) is 3.43. The summed E-state index contributed by atoms with van der Waals surface area (Å²) in [5.74, 6) is 0.670. The number of hydrogen-bond acceptors (Lipinski definition) is 2. The predicted octanol–water partition coefficient (Wildman–Crippen LogP) is 3.37. The molecule has 2 rings (SSSR count). The van der Waals surface area contributed by atoms with Gasteiger partial charge in [0.25, 0.3) is 0 Å². The van der Waals surface area contributed by atoms with Gasteiger partial charge in [0.15, 0.2) is 0 Å². The summed E-state index contributed by atoms with van der Waals surface area (Å²) >= 11 is 0. The molecule has 110 valence electrons. The fourth-order valence-electron chi connectivity index (χ4n) is 3.32. The second kappa shape index (κ2) is 7.44. The first-order valence-corrected chi connectivity index (χ1v) is 7.69. The summed E-state index contributed by atoms with van der Waals surface area (Å²) in [6.45, 7) is 5.39. The third-order valence-electron chi connectivity index (χ3n) is 4.44. The molecule has 1 aromatic rings. The first-order chi connectivity index (χ1) is 9.70. The number of carbonyl (C=O) groups is 1. The molecule has 3 heteroatoms. The molecule has 0 aliphatic carbocycles. The van der Waals surface area contributed by atoms with E-state index >= 15 is 0 Å². The summed E-state index contributed by atoms with van der Waals surface area (Å²) in [5.41, 5.74) is 1.46.